The summed E-state index contributed by atoms with van der Waals surface area (Å²) >= 11 is 0. The first-order chi connectivity index (χ1) is 5.35. The van der Waals surface area contributed by atoms with Gasteiger partial charge in [-0.2, -0.15) is 0 Å². The highest BCUT2D eigenvalue weighted by atomic mass is 16.6. The van der Waals surface area contributed by atoms with Gasteiger partial charge in [0, 0.05) is 0 Å². The van der Waals surface area contributed by atoms with Crippen LogP contribution in [0.25, 0.3) is 0 Å². The summed E-state index contributed by atoms with van der Waals surface area (Å²) in [6, 6.07) is 0. The number of aliphatic hydroxyl groups is 1. The number of hydrogen-bond donors (Lipinski definition) is 2. The molecule has 1 atom stereocenters. The molecule has 4 heteroatoms. The second kappa shape index (κ2) is 4.30. The number of amides is 1. The number of rotatable bonds is 2. The van der Waals surface area contributed by atoms with Crippen LogP contribution >= 0.6 is 0 Å². The summed E-state index contributed by atoms with van der Waals surface area (Å²) in [5.41, 5.74) is -0.516. The van der Waals surface area contributed by atoms with Gasteiger partial charge in [-0.15, -0.1) is 0 Å². The van der Waals surface area contributed by atoms with Crippen molar-refractivity contribution in [3.63, 3.8) is 0 Å². The summed E-state index contributed by atoms with van der Waals surface area (Å²) in [4.78, 5) is 10.9. The summed E-state index contributed by atoms with van der Waals surface area (Å²) in [6.45, 7) is 7.07. The Morgan fingerprint density at radius 1 is 1.58 bits per heavy atom. The van der Waals surface area contributed by atoms with E-state index < -0.39 is 17.9 Å². The minimum Gasteiger partial charge on any atom is -0.444 e. The largest absolute Gasteiger partial charge is 0.444 e. The van der Waals surface area contributed by atoms with Gasteiger partial charge in [-0.3, -0.25) is 5.32 Å². The number of ether oxygens (including phenoxy) is 1. The van der Waals surface area contributed by atoms with E-state index in [2.05, 4.69) is 5.32 Å². The van der Waals surface area contributed by atoms with E-state index in [0.29, 0.717) is 6.42 Å². The smallest absolute Gasteiger partial charge is 0.409 e. The lowest BCUT2D eigenvalue weighted by atomic mass is 10.2. The van der Waals surface area contributed by atoms with Crippen molar-refractivity contribution < 1.29 is 14.6 Å². The van der Waals surface area contributed by atoms with Crippen molar-refractivity contribution in [2.24, 2.45) is 0 Å². The summed E-state index contributed by atoms with van der Waals surface area (Å²) in [5.74, 6) is 0. The van der Waals surface area contributed by atoms with Crippen LogP contribution in [0.15, 0.2) is 0 Å². The van der Waals surface area contributed by atoms with Crippen molar-refractivity contribution >= 4 is 6.09 Å². The molecule has 0 radical (unpaired) electrons. The number of carbonyl (C=O) groups is 1. The molecule has 1 amide bonds. The maximum Gasteiger partial charge on any atom is 0.409 e. The van der Waals surface area contributed by atoms with Crippen LogP contribution in [0.2, 0.25) is 0 Å². The first-order valence-corrected chi connectivity index (χ1v) is 4.02. The minimum absolute atomic E-state index is 0.471. The van der Waals surface area contributed by atoms with Gasteiger partial charge in [-0.05, 0) is 27.2 Å². The molecule has 0 aromatic heterocycles. The average Bonchev–Trinajstić information content (AvgIpc) is 1.82. The Balaban J connectivity index is 3.75. The van der Waals surface area contributed by atoms with E-state index in [4.69, 9.17) is 9.84 Å². The highest BCUT2D eigenvalue weighted by Gasteiger charge is 2.17. The van der Waals surface area contributed by atoms with Crippen LogP contribution in [-0.2, 0) is 4.74 Å². The number of hydrogen-bond acceptors (Lipinski definition) is 3. The predicted octanol–water partition coefficient (Wildman–Crippen LogP) is 1.24. The maximum atomic E-state index is 10.9. The molecule has 2 N–H and O–H groups in total. The molecule has 0 unspecified atom stereocenters. The summed E-state index contributed by atoms with van der Waals surface area (Å²) in [7, 11) is 0. The molecule has 0 aliphatic heterocycles. The third kappa shape index (κ3) is 5.97. The molecule has 0 saturated heterocycles. The molecule has 0 heterocycles. The van der Waals surface area contributed by atoms with Gasteiger partial charge in [0.1, 0.15) is 11.8 Å². The zero-order valence-electron chi connectivity index (χ0n) is 8.05. The SMILES string of the molecule is CC[C@H](O)NC(=O)OC(C)(C)C. The van der Waals surface area contributed by atoms with E-state index in [-0.39, 0.29) is 0 Å². The second-order valence-corrected chi connectivity index (χ2v) is 3.57. The lowest BCUT2D eigenvalue weighted by Crippen LogP contribution is -2.38. The van der Waals surface area contributed by atoms with E-state index >= 15 is 0 Å². The normalized spacial score (nSPS) is 13.8. The molecular weight excluding hydrogens is 158 g/mol. The Morgan fingerprint density at radius 2 is 2.08 bits per heavy atom. The van der Waals surface area contributed by atoms with Gasteiger partial charge in [0.15, 0.2) is 0 Å². The molecule has 0 saturated carbocycles. The molecule has 12 heavy (non-hydrogen) atoms. The minimum atomic E-state index is -0.820. The van der Waals surface area contributed by atoms with Crippen molar-refractivity contribution in [2.75, 3.05) is 0 Å². The standard InChI is InChI=1S/C8H17NO3/c1-5-6(10)9-7(11)12-8(2,3)4/h6,10H,5H2,1-4H3,(H,9,11)/t6-/m0/s1. The van der Waals surface area contributed by atoms with E-state index in [1.807, 2.05) is 0 Å². The number of alkyl carbamates (subject to hydrolysis) is 1. The van der Waals surface area contributed by atoms with Crippen molar-refractivity contribution in [2.45, 2.75) is 45.9 Å². The van der Waals surface area contributed by atoms with Crippen molar-refractivity contribution in [3.05, 3.63) is 0 Å². The first-order valence-electron chi connectivity index (χ1n) is 4.02. The van der Waals surface area contributed by atoms with E-state index in [9.17, 15) is 4.79 Å². The first kappa shape index (κ1) is 11.2. The molecule has 0 spiro atoms. The third-order valence-corrected chi connectivity index (χ3v) is 1.07. The average molecular weight is 175 g/mol. The number of nitrogens with one attached hydrogen (secondary N) is 1. The quantitative estimate of drug-likeness (QED) is 0.621. The molecule has 0 aromatic rings. The highest BCUT2D eigenvalue weighted by Crippen LogP contribution is 2.06. The molecule has 0 bridgehead atoms. The molecule has 0 fully saturated rings. The van der Waals surface area contributed by atoms with Gasteiger partial charge in [0.2, 0.25) is 0 Å². The lowest BCUT2D eigenvalue weighted by Gasteiger charge is -2.20. The van der Waals surface area contributed by atoms with Crippen LogP contribution in [0.5, 0.6) is 0 Å². The molecule has 0 aromatic carbocycles. The van der Waals surface area contributed by atoms with Gasteiger partial charge in [0.05, 0.1) is 0 Å². The van der Waals surface area contributed by atoms with E-state index in [0.717, 1.165) is 0 Å². The number of aliphatic hydroxyl groups excluding tert-OH is 1. The van der Waals surface area contributed by atoms with Gasteiger partial charge >= 0.3 is 6.09 Å². The van der Waals surface area contributed by atoms with Crippen molar-refractivity contribution in [1.82, 2.24) is 5.32 Å². The molecule has 0 rings (SSSR count). The fraction of sp³-hybridized carbons (Fsp3) is 0.875. The Hall–Kier alpha value is -0.770. The molecule has 4 nitrogen and oxygen atoms in total. The van der Waals surface area contributed by atoms with Gasteiger partial charge in [-0.1, -0.05) is 6.92 Å². The lowest BCUT2D eigenvalue weighted by molar-refractivity contribution is 0.0353. The van der Waals surface area contributed by atoms with E-state index in [1.165, 1.54) is 0 Å². The van der Waals surface area contributed by atoms with Crippen molar-refractivity contribution in [1.29, 1.82) is 0 Å². The summed E-state index contributed by atoms with van der Waals surface area (Å²) in [6.07, 6.45) is -0.934. The van der Waals surface area contributed by atoms with Gasteiger partial charge in [-0.25, -0.2) is 4.79 Å². The Morgan fingerprint density at radius 3 is 2.42 bits per heavy atom. The van der Waals surface area contributed by atoms with Crippen LogP contribution in [0.4, 0.5) is 4.79 Å². The Bertz CT molecular complexity index is 151. The van der Waals surface area contributed by atoms with Gasteiger partial charge < -0.3 is 9.84 Å². The van der Waals surface area contributed by atoms with Gasteiger partial charge in [0.25, 0.3) is 0 Å². The fourth-order valence-corrected chi connectivity index (χ4v) is 0.546. The van der Waals surface area contributed by atoms with Crippen LogP contribution in [0, 0.1) is 0 Å². The van der Waals surface area contributed by atoms with Crippen molar-refractivity contribution in [3.8, 4) is 0 Å². The number of carbonyl (C=O) groups excluding carboxylic acids is 1. The molecular formula is C8H17NO3. The second-order valence-electron chi connectivity index (χ2n) is 3.57. The predicted molar refractivity (Wildman–Crippen MR) is 45.7 cm³/mol. The fourth-order valence-electron chi connectivity index (χ4n) is 0.546. The zero-order valence-corrected chi connectivity index (χ0v) is 8.05. The van der Waals surface area contributed by atoms with Crippen LogP contribution in [0.3, 0.4) is 0 Å². The zero-order chi connectivity index (χ0) is 9.78. The summed E-state index contributed by atoms with van der Waals surface area (Å²) in [5, 5.41) is 11.3. The third-order valence-electron chi connectivity index (χ3n) is 1.07. The molecule has 0 aliphatic rings. The topological polar surface area (TPSA) is 58.6 Å². The van der Waals surface area contributed by atoms with E-state index in [1.54, 1.807) is 27.7 Å². The van der Waals surface area contributed by atoms with Crippen LogP contribution < -0.4 is 5.32 Å². The Labute approximate surface area is 72.9 Å². The molecule has 72 valence electrons. The summed E-state index contributed by atoms with van der Waals surface area (Å²) < 4.78 is 4.90. The van der Waals surface area contributed by atoms with Crippen LogP contribution in [-0.4, -0.2) is 23.0 Å². The maximum absolute atomic E-state index is 10.9. The van der Waals surface area contributed by atoms with Crippen LogP contribution in [0.1, 0.15) is 34.1 Å². The monoisotopic (exact) mass is 175 g/mol. The Kier molecular flexibility index (Phi) is 4.03. The molecule has 0 aliphatic carbocycles. The highest BCUT2D eigenvalue weighted by molar-refractivity contribution is 5.67.